The normalized spacial score (nSPS) is 22.3. The molecule has 1 aliphatic carbocycles. The van der Waals surface area contributed by atoms with E-state index in [4.69, 9.17) is 0 Å². The number of hydrogen-bond donors (Lipinski definition) is 2. The zero-order valence-electron chi connectivity index (χ0n) is 12.0. The molecule has 2 N–H and O–H groups in total. The predicted octanol–water partition coefficient (Wildman–Crippen LogP) is 3.25. The maximum Gasteiger partial charge on any atom is 0.315 e. The molecule has 1 saturated carbocycles. The van der Waals surface area contributed by atoms with Crippen molar-refractivity contribution in [2.45, 2.75) is 45.1 Å². The molecule has 2 atom stereocenters. The first-order chi connectivity index (χ1) is 9.66. The van der Waals surface area contributed by atoms with Crippen molar-refractivity contribution in [3.8, 4) is 0 Å². The van der Waals surface area contributed by atoms with E-state index in [-0.39, 0.29) is 17.9 Å². The summed E-state index contributed by atoms with van der Waals surface area (Å²) in [5.41, 5.74) is 0.638. The van der Waals surface area contributed by atoms with E-state index in [2.05, 4.69) is 17.6 Å². The molecular formula is C16H23FN2O. The van der Waals surface area contributed by atoms with Crippen LogP contribution in [0.4, 0.5) is 9.18 Å². The molecule has 2 amide bonds. The first-order valence-corrected chi connectivity index (χ1v) is 7.44. The maximum absolute atomic E-state index is 13.4. The summed E-state index contributed by atoms with van der Waals surface area (Å²) in [5.74, 6) is 0.330. The van der Waals surface area contributed by atoms with E-state index in [0.29, 0.717) is 24.4 Å². The fourth-order valence-electron chi connectivity index (χ4n) is 2.76. The predicted molar refractivity (Wildman–Crippen MR) is 78.1 cm³/mol. The molecule has 110 valence electrons. The van der Waals surface area contributed by atoms with Crippen molar-refractivity contribution >= 4 is 6.03 Å². The summed E-state index contributed by atoms with van der Waals surface area (Å²) in [6.07, 6.45) is 5.20. The fraction of sp³-hybridized carbons (Fsp3) is 0.562. The lowest BCUT2D eigenvalue weighted by Crippen LogP contribution is -2.46. The van der Waals surface area contributed by atoms with Crippen LogP contribution in [-0.2, 0) is 6.42 Å². The summed E-state index contributed by atoms with van der Waals surface area (Å²) in [7, 11) is 0. The molecule has 0 bridgehead atoms. The van der Waals surface area contributed by atoms with E-state index in [1.807, 2.05) is 6.07 Å². The van der Waals surface area contributed by atoms with E-state index in [1.165, 1.54) is 25.3 Å². The van der Waals surface area contributed by atoms with Gasteiger partial charge in [-0.2, -0.15) is 0 Å². The standard InChI is InChI=1S/C16H23FN2O/c1-12-6-2-5-9-15(12)19-16(20)18-11-10-13-7-3-4-8-14(13)17/h3-4,7-8,12,15H,2,5-6,9-11H2,1H3,(H2,18,19,20). The minimum atomic E-state index is -0.212. The van der Waals surface area contributed by atoms with E-state index in [9.17, 15) is 9.18 Å². The van der Waals surface area contributed by atoms with Gasteiger partial charge in [-0.25, -0.2) is 9.18 Å². The van der Waals surface area contributed by atoms with Gasteiger partial charge in [-0.1, -0.05) is 38.0 Å². The molecule has 3 nitrogen and oxygen atoms in total. The monoisotopic (exact) mass is 278 g/mol. The summed E-state index contributed by atoms with van der Waals surface area (Å²) >= 11 is 0. The van der Waals surface area contributed by atoms with Crippen LogP contribution in [0.1, 0.15) is 38.2 Å². The van der Waals surface area contributed by atoms with Crippen LogP contribution in [0.15, 0.2) is 24.3 Å². The van der Waals surface area contributed by atoms with Crippen LogP contribution in [0.25, 0.3) is 0 Å². The number of halogens is 1. The Hall–Kier alpha value is -1.58. The minimum absolute atomic E-state index is 0.139. The summed E-state index contributed by atoms with van der Waals surface area (Å²) in [6.45, 7) is 2.64. The van der Waals surface area contributed by atoms with Crippen molar-refractivity contribution in [1.29, 1.82) is 0 Å². The van der Waals surface area contributed by atoms with Gasteiger partial charge < -0.3 is 10.6 Å². The number of rotatable bonds is 4. The highest BCUT2D eigenvalue weighted by Crippen LogP contribution is 2.23. The van der Waals surface area contributed by atoms with Crippen molar-refractivity contribution < 1.29 is 9.18 Å². The smallest absolute Gasteiger partial charge is 0.315 e. The van der Waals surface area contributed by atoms with Crippen LogP contribution in [0.3, 0.4) is 0 Å². The Bertz CT molecular complexity index is 450. The number of hydrogen-bond acceptors (Lipinski definition) is 1. The molecule has 0 heterocycles. The van der Waals surface area contributed by atoms with Crippen LogP contribution in [0.2, 0.25) is 0 Å². The fourth-order valence-corrected chi connectivity index (χ4v) is 2.76. The lowest BCUT2D eigenvalue weighted by atomic mass is 9.86. The van der Waals surface area contributed by atoms with Crippen LogP contribution in [-0.4, -0.2) is 18.6 Å². The molecule has 4 heteroatoms. The van der Waals surface area contributed by atoms with Crippen LogP contribution >= 0.6 is 0 Å². The molecule has 0 aromatic heterocycles. The number of carbonyl (C=O) groups is 1. The van der Waals surface area contributed by atoms with E-state index in [0.717, 1.165) is 6.42 Å². The molecule has 2 rings (SSSR count). The van der Waals surface area contributed by atoms with Crippen molar-refractivity contribution in [1.82, 2.24) is 10.6 Å². The molecule has 1 aromatic carbocycles. The Balaban J connectivity index is 1.71. The van der Waals surface area contributed by atoms with Gasteiger partial charge in [0, 0.05) is 12.6 Å². The first kappa shape index (κ1) is 14.8. The first-order valence-electron chi connectivity index (χ1n) is 7.44. The van der Waals surface area contributed by atoms with Gasteiger partial charge in [-0.3, -0.25) is 0 Å². The number of benzene rings is 1. The lowest BCUT2D eigenvalue weighted by molar-refractivity contribution is 0.222. The van der Waals surface area contributed by atoms with Crippen molar-refractivity contribution in [3.63, 3.8) is 0 Å². The number of carbonyl (C=O) groups excluding carboxylic acids is 1. The number of amides is 2. The summed E-state index contributed by atoms with van der Waals surface area (Å²) < 4.78 is 13.4. The van der Waals surface area contributed by atoms with Crippen LogP contribution in [0, 0.1) is 11.7 Å². The molecule has 1 aliphatic rings. The highest BCUT2D eigenvalue weighted by molar-refractivity contribution is 5.74. The second kappa shape index (κ2) is 7.27. The van der Waals surface area contributed by atoms with Crippen LogP contribution < -0.4 is 10.6 Å². The van der Waals surface area contributed by atoms with E-state index >= 15 is 0 Å². The van der Waals surface area contributed by atoms with Crippen LogP contribution in [0.5, 0.6) is 0 Å². The Kier molecular flexibility index (Phi) is 5.39. The Labute approximate surface area is 120 Å². The van der Waals surface area contributed by atoms with Gasteiger partial charge in [-0.15, -0.1) is 0 Å². The molecular weight excluding hydrogens is 255 g/mol. The molecule has 1 aromatic rings. The minimum Gasteiger partial charge on any atom is -0.338 e. The highest BCUT2D eigenvalue weighted by Gasteiger charge is 2.22. The summed E-state index contributed by atoms with van der Waals surface area (Å²) in [4.78, 5) is 11.8. The zero-order chi connectivity index (χ0) is 14.4. The van der Waals surface area contributed by atoms with Gasteiger partial charge in [0.15, 0.2) is 0 Å². The summed E-state index contributed by atoms with van der Waals surface area (Å²) in [5, 5.41) is 5.84. The largest absolute Gasteiger partial charge is 0.338 e. The van der Waals surface area contributed by atoms with Gasteiger partial charge in [-0.05, 0) is 36.8 Å². The van der Waals surface area contributed by atoms with Gasteiger partial charge >= 0.3 is 6.03 Å². The summed E-state index contributed by atoms with van der Waals surface area (Å²) in [6, 6.07) is 6.81. The number of urea groups is 1. The number of nitrogens with one attached hydrogen (secondary N) is 2. The molecule has 0 saturated heterocycles. The van der Waals surface area contributed by atoms with Gasteiger partial charge in [0.05, 0.1) is 0 Å². The molecule has 0 spiro atoms. The van der Waals surface area contributed by atoms with Crippen molar-refractivity contribution in [3.05, 3.63) is 35.6 Å². The Morgan fingerprint density at radius 1 is 1.30 bits per heavy atom. The topological polar surface area (TPSA) is 41.1 Å². The molecule has 20 heavy (non-hydrogen) atoms. The molecule has 0 radical (unpaired) electrons. The maximum atomic E-state index is 13.4. The van der Waals surface area contributed by atoms with Gasteiger partial charge in [0.1, 0.15) is 5.82 Å². The third-order valence-corrected chi connectivity index (χ3v) is 4.07. The third kappa shape index (κ3) is 4.22. The second-order valence-electron chi connectivity index (χ2n) is 5.61. The Morgan fingerprint density at radius 2 is 2.05 bits per heavy atom. The van der Waals surface area contributed by atoms with E-state index < -0.39 is 0 Å². The zero-order valence-corrected chi connectivity index (χ0v) is 12.0. The molecule has 1 fully saturated rings. The third-order valence-electron chi connectivity index (χ3n) is 4.07. The van der Waals surface area contributed by atoms with Crippen molar-refractivity contribution in [2.75, 3.05) is 6.54 Å². The van der Waals surface area contributed by atoms with Gasteiger partial charge in [0.2, 0.25) is 0 Å². The Morgan fingerprint density at radius 3 is 2.80 bits per heavy atom. The van der Waals surface area contributed by atoms with Gasteiger partial charge in [0.25, 0.3) is 0 Å². The molecule has 0 aliphatic heterocycles. The average Bonchev–Trinajstić information content (AvgIpc) is 2.43. The average molecular weight is 278 g/mol. The van der Waals surface area contributed by atoms with Crippen molar-refractivity contribution in [2.24, 2.45) is 5.92 Å². The lowest BCUT2D eigenvalue weighted by Gasteiger charge is -2.29. The quantitative estimate of drug-likeness (QED) is 0.872. The highest BCUT2D eigenvalue weighted by atomic mass is 19.1. The SMILES string of the molecule is CC1CCCCC1NC(=O)NCCc1ccccc1F. The molecule has 2 unspecified atom stereocenters. The van der Waals surface area contributed by atoms with E-state index in [1.54, 1.807) is 12.1 Å². The second-order valence-corrected chi connectivity index (χ2v) is 5.61.